The standard InChI is InChI=1S/C27H21ClN2O2/c28-23-16-10-19(11-17-23)18-29-27(32)24-8-4-5-9-25(24)30-26(31)22-14-12-21(13-15-22)20-6-2-1-3-7-20/h1-17H,18H2,(H,29,32)(H,30,31). The Labute approximate surface area is 191 Å². The molecule has 2 amide bonds. The molecule has 0 aliphatic carbocycles. The minimum Gasteiger partial charge on any atom is -0.348 e. The first-order valence-electron chi connectivity index (χ1n) is 10.2. The number of halogens is 1. The van der Waals surface area contributed by atoms with Crippen molar-refractivity contribution in [2.45, 2.75) is 6.54 Å². The molecule has 0 unspecified atom stereocenters. The summed E-state index contributed by atoms with van der Waals surface area (Å²) in [4.78, 5) is 25.5. The Hall–Kier alpha value is -3.89. The van der Waals surface area contributed by atoms with E-state index in [1.165, 1.54) is 0 Å². The van der Waals surface area contributed by atoms with Crippen LogP contribution in [0.1, 0.15) is 26.3 Å². The lowest BCUT2D eigenvalue weighted by atomic mass is 10.0. The average Bonchev–Trinajstić information content (AvgIpc) is 2.84. The van der Waals surface area contributed by atoms with Crippen molar-refractivity contribution < 1.29 is 9.59 Å². The number of anilines is 1. The van der Waals surface area contributed by atoms with Crippen molar-refractivity contribution in [1.29, 1.82) is 0 Å². The molecule has 4 nitrogen and oxygen atoms in total. The van der Waals surface area contributed by atoms with Crippen LogP contribution in [-0.2, 0) is 6.54 Å². The van der Waals surface area contributed by atoms with Gasteiger partial charge in [0.25, 0.3) is 11.8 Å². The fourth-order valence-electron chi connectivity index (χ4n) is 3.31. The van der Waals surface area contributed by atoms with E-state index < -0.39 is 0 Å². The van der Waals surface area contributed by atoms with Crippen LogP contribution in [-0.4, -0.2) is 11.8 Å². The molecule has 5 heteroatoms. The van der Waals surface area contributed by atoms with Crippen molar-refractivity contribution in [3.63, 3.8) is 0 Å². The van der Waals surface area contributed by atoms with Crippen molar-refractivity contribution in [2.75, 3.05) is 5.32 Å². The number of para-hydroxylation sites is 1. The third-order valence-electron chi connectivity index (χ3n) is 5.04. The third kappa shape index (κ3) is 5.23. The lowest BCUT2D eigenvalue weighted by molar-refractivity contribution is 0.0952. The molecule has 4 aromatic rings. The Morgan fingerprint density at radius 3 is 2.00 bits per heavy atom. The molecule has 0 radical (unpaired) electrons. The SMILES string of the molecule is O=C(Nc1ccccc1C(=O)NCc1ccc(Cl)cc1)c1ccc(-c2ccccc2)cc1. The molecule has 0 spiro atoms. The van der Waals surface area contributed by atoms with E-state index in [0.29, 0.717) is 28.4 Å². The van der Waals surface area contributed by atoms with E-state index >= 15 is 0 Å². The molecule has 0 saturated heterocycles. The predicted octanol–water partition coefficient (Wildman–Crippen LogP) is 6.19. The van der Waals surface area contributed by atoms with E-state index in [4.69, 9.17) is 11.6 Å². The van der Waals surface area contributed by atoms with Gasteiger partial charge in [0.05, 0.1) is 11.3 Å². The summed E-state index contributed by atoms with van der Waals surface area (Å²) in [6.45, 7) is 0.360. The van der Waals surface area contributed by atoms with Gasteiger partial charge in [0.2, 0.25) is 0 Å². The van der Waals surface area contributed by atoms with Gasteiger partial charge >= 0.3 is 0 Å². The number of carbonyl (C=O) groups excluding carboxylic acids is 2. The monoisotopic (exact) mass is 440 g/mol. The Balaban J connectivity index is 1.44. The summed E-state index contributed by atoms with van der Waals surface area (Å²) in [6, 6.07) is 31.6. The van der Waals surface area contributed by atoms with E-state index in [0.717, 1.165) is 16.7 Å². The molecule has 0 aliphatic heterocycles. The summed E-state index contributed by atoms with van der Waals surface area (Å²) >= 11 is 5.90. The number of benzene rings is 4. The van der Waals surface area contributed by atoms with Crippen LogP contribution in [0.4, 0.5) is 5.69 Å². The summed E-state index contributed by atoms with van der Waals surface area (Å²) in [5.74, 6) is -0.544. The molecule has 32 heavy (non-hydrogen) atoms. The molecule has 0 atom stereocenters. The van der Waals surface area contributed by atoms with Crippen molar-refractivity contribution >= 4 is 29.1 Å². The van der Waals surface area contributed by atoms with Gasteiger partial charge in [-0.25, -0.2) is 0 Å². The summed E-state index contributed by atoms with van der Waals surface area (Å²) < 4.78 is 0. The van der Waals surface area contributed by atoms with Crippen molar-refractivity contribution in [2.24, 2.45) is 0 Å². The van der Waals surface area contributed by atoms with Crippen LogP contribution in [0.2, 0.25) is 5.02 Å². The van der Waals surface area contributed by atoms with Gasteiger partial charge in [-0.15, -0.1) is 0 Å². The molecule has 0 aliphatic rings. The number of rotatable bonds is 6. The highest BCUT2D eigenvalue weighted by molar-refractivity contribution is 6.30. The first-order valence-corrected chi connectivity index (χ1v) is 10.6. The van der Waals surface area contributed by atoms with Gasteiger partial charge in [0.1, 0.15) is 0 Å². The maximum atomic E-state index is 12.8. The van der Waals surface area contributed by atoms with E-state index in [1.54, 1.807) is 48.5 Å². The fraction of sp³-hybridized carbons (Fsp3) is 0.0370. The highest BCUT2D eigenvalue weighted by atomic mass is 35.5. The van der Waals surface area contributed by atoms with E-state index in [9.17, 15) is 9.59 Å². The Bertz CT molecular complexity index is 1220. The Morgan fingerprint density at radius 2 is 1.28 bits per heavy atom. The Kier molecular flexibility index (Phi) is 6.63. The molecular weight excluding hydrogens is 420 g/mol. The second kappa shape index (κ2) is 9.94. The molecule has 0 bridgehead atoms. The van der Waals surface area contributed by atoms with Crippen LogP contribution in [0.3, 0.4) is 0 Å². The number of nitrogens with one attached hydrogen (secondary N) is 2. The van der Waals surface area contributed by atoms with Gasteiger partial charge in [-0.3, -0.25) is 9.59 Å². The third-order valence-corrected chi connectivity index (χ3v) is 5.29. The lowest BCUT2D eigenvalue weighted by Crippen LogP contribution is -2.24. The molecule has 4 rings (SSSR count). The lowest BCUT2D eigenvalue weighted by Gasteiger charge is -2.12. The number of hydrogen-bond donors (Lipinski definition) is 2. The molecule has 0 aromatic heterocycles. The Morgan fingerprint density at radius 1 is 0.656 bits per heavy atom. The summed E-state index contributed by atoms with van der Waals surface area (Å²) in [6.07, 6.45) is 0. The van der Waals surface area contributed by atoms with E-state index in [2.05, 4.69) is 10.6 Å². The quantitative estimate of drug-likeness (QED) is 0.375. The average molecular weight is 441 g/mol. The summed E-state index contributed by atoms with van der Waals surface area (Å²) in [5.41, 5.74) is 4.42. The van der Waals surface area contributed by atoms with Crippen molar-refractivity contribution in [1.82, 2.24) is 5.32 Å². The second-order valence-corrected chi connectivity index (χ2v) is 7.69. The van der Waals surface area contributed by atoms with Crippen LogP contribution in [0.15, 0.2) is 103 Å². The second-order valence-electron chi connectivity index (χ2n) is 7.25. The topological polar surface area (TPSA) is 58.2 Å². The maximum absolute atomic E-state index is 12.8. The molecule has 0 fully saturated rings. The molecule has 158 valence electrons. The van der Waals surface area contributed by atoms with Gasteiger partial charge in [-0.05, 0) is 53.1 Å². The van der Waals surface area contributed by atoms with Crippen LogP contribution in [0, 0.1) is 0 Å². The smallest absolute Gasteiger partial charge is 0.255 e. The minimum atomic E-state index is -0.275. The van der Waals surface area contributed by atoms with Crippen LogP contribution in [0.25, 0.3) is 11.1 Å². The predicted molar refractivity (Wildman–Crippen MR) is 129 cm³/mol. The molecule has 4 aromatic carbocycles. The van der Waals surface area contributed by atoms with Gasteiger partial charge in [0, 0.05) is 17.1 Å². The van der Waals surface area contributed by atoms with Crippen LogP contribution < -0.4 is 10.6 Å². The van der Waals surface area contributed by atoms with Crippen molar-refractivity contribution in [3.8, 4) is 11.1 Å². The van der Waals surface area contributed by atoms with Gasteiger partial charge < -0.3 is 10.6 Å². The normalized spacial score (nSPS) is 10.4. The number of carbonyl (C=O) groups is 2. The highest BCUT2D eigenvalue weighted by Crippen LogP contribution is 2.21. The zero-order chi connectivity index (χ0) is 22.3. The van der Waals surface area contributed by atoms with E-state index in [-0.39, 0.29) is 11.8 Å². The van der Waals surface area contributed by atoms with E-state index in [1.807, 2.05) is 54.6 Å². The number of amides is 2. The van der Waals surface area contributed by atoms with Crippen molar-refractivity contribution in [3.05, 3.63) is 125 Å². The van der Waals surface area contributed by atoms with Gasteiger partial charge in [-0.2, -0.15) is 0 Å². The number of hydrogen-bond acceptors (Lipinski definition) is 2. The largest absolute Gasteiger partial charge is 0.348 e. The molecule has 0 heterocycles. The van der Waals surface area contributed by atoms with Gasteiger partial charge in [-0.1, -0.05) is 78.3 Å². The molecular formula is C27H21ClN2O2. The summed E-state index contributed by atoms with van der Waals surface area (Å²) in [5, 5.41) is 6.38. The fourth-order valence-corrected chi connectivity index (χ4v) is 3.44. The molecule has 2 N–H and O–H groups in total. The maximum Gasteiger partial charge on any atom is 0.255 e. The molecule has 0 saturated carbocycles. The van der Waals surface area contributed by atoms with Crippen LogP contribution in [0.5, 0.6) is 0 Å². The highest BCUT2D eigenvalue weighted by Gasteiger charge is 2.14. The summed E-state index contributed by atoms with van der Waals surface area (Å²) in [7, 11) is 0. The minimum absolute atomic E-state index is 0.268. The first kappa shape index (κ1) is 21.3. The zero-order valence-electron chi connectivity index (χ0n) is 17.2. The van der Waals surface area contributed by atoms with Crippen LogP contribution >= 0.6 is 11.6 Å². The van der Waals surface area contributed by atoms with Gasteiger partial charge in [0.15, 0.2) is 0 Å². The zero-order valence-corrected chi connectivity index (χ0v) is 18.0. The first-order chi connectivity index (χ1) is 15.6.